The minimum atomic E-state index is 0.0856. The van der Waals surface area contributed by atoms with Crippen LogP contribution in [0.1, 0.15) is 22.8 Å². The van der Waals surface area contributed by atoms with Gasteiger partial charge in [0.15, 0.2) is 0 Å². The fourth-order valence-corrected chi connectivity index (χ4v) is 3.00. The van der Waals surface area contributed by atoms with Crippen molar-refractivity contribution in [3.63, 3.8) is 0 Å². The molecule has 0 fully saturated rings. The van der Waals surface area contributed by atoms with Crippen LogP contribution in [0.15, 0.2) is 60.7 Å². The van der Waals surface area contributed by atoms with Gasteiger partial charge in [0.25, 0.3) is 0 Å². The Morgan fingerprint density at radius 3 is 2.67 bits per heavy atom. The molecule has 0 bridgehead atoms. The maximum Gasteiger partial charge on any atom is 0.128 e. The van der Waals surface area contributed by atoms with Gasteiger partial charge in [0.05, 0.1) is 11.6 Å². The van der Waals surface area contributed by atoms with E-state index in [0.29, 0.717) is 5.56 Å². The van der Waals surface area contributed by atoms with Crippen molar-refractivity contribution in [1.29, 1.82) is 5.26 Å². The summed E-state index contributed by atoms with van der Waals surface area (Å²) in [4.78, 5) is 0. The molecule has 3 aromatic rings. The van der Waals surface area contributed by atoms with Gasteiger partial charge in [-0.05, 0) is 34.5 Å². The number of fused-ring (bicyclic) bond motifs is 3. The molecule has 0 aromatic heterocycles. The van der Waals surface area contributed by atoms with Crippen LogP contribution >= 0.6 is 0 Å². The molecule has 3 aromatic carbocycles. The average molecular weight is 271 g/mol. The number of benzene rings is 3. The Morgan fingerprint density at radius 2 is 1.86 bits per heavy atom. The number of nitrogens with zero attached hydrogens (tertiary/aromatic N) is 1. The molecule has 4 rings (SSSR count). The molecular weight excluding hydrogens is 258 g/mol. The molecule has 2 heteroatoms. The van der Waals surface area contributed by atoms with Crippen molar-refractivity contribution in [2.75, 3.05) is 0 Å². The van der Waals surface area contributed by atoms with Crippen LogP contribution in [0.2, 0.25) is 0 Å². The lowest BCUT2D eigenvalue weighted by Crippen LogP contribution is -2.02. The average Bonchev–Trinajstić information content (AvgIpc) is 2.99. The second-order valence-electron chi connectivity index (χ2n) is 5.31. The number of hydrogen-bond acceptors (Lipinski definition) is 2. The lowest BCUT2D eigenvalue weighted by Gasteiger charge is -2.10. The molecule has 2 nitrogen and oxygen atoms in total. The van der Waals surface area contributed by atoms with E-state index in [-0.39, 0.29) is 6.10 Å². The lowest BCUT2D eigenvalue weighted by atomic mass is 9.97. The molecule has 1 atom stereocenters. The van der Waals surface area contributed by atoms with Gasteiger partial charge in [0, 0.05) is 12.0 Å². The minimum Gasteiger partial charge on any atom is -0.485 e. The Hall–Kier alpha value is -2.79. The molecule has 21 heavy (non-hydrogen) atoms. The summed E-state index contributed by atoms with van der Waals surface area (Å²) in [5.74, 6) is 0.959. The third kappa shape index (κ3) is 1.95. The molecule has 0 N–H and O–H groups in total. The van der Waals surface area contributed by atoms with Gasteiger partial charge in [0.2, 0.25) is 0 Å². The van der Waals surface area contributed by atoms with Crippen LogP contribution < -0.4 is 4.74 Å². The summed E-state index contributed by atoms with van der Waals surface area (Å²) in [5.41, 5.74) is 3.14. The van der Waals surface area contributed by atoms with Crippen molar-refractivity contribution < 1.29 is 4.74 Å². The monoisotopic (exact) mass is 271 g/mol. The quantitative estimate of drug-likeness (QED) is 0.657. The van der Waals surface area contributed by atoms with Crippen molar-refractivity contribution in [3.8, 4) is 11.8 Å². The first kappa shape index (κ1) is 12.0. The molecule has 0 amide bonds. The maximum absolute atomic E-state index is 9.01. The van der Waals surface area contributed by atoms with E-state index in [9.17, 15) is 0 Å². The van der Waals surface area contributed by atoms with E-state index in [2.05, 4.69) is 18.2 Å². The van der Waals surface area contributed by atoms with Gasteiger partial charge in [0.1, 0.15) is 11.9 Å². The van der Waals surface area contributed by atoms with Gasteiger partial charge >= 0.3 is 0 Å². The molecule has 0 aliphatic carbocycles. The van der Waals surface area contributed by atoms with Gasteiger partial charge < -0.3 is 4.74 Å². The Balaban J connectivity index is 1.79. The van der Waals surface area contributed by atoms with Crippen molar-refractivity contribution in [2.45, 2.75) is 12.5 Å². The third-order valence-corrected chi connectivity index (χ3v) is 4.05. The van der Waals surface area contributed by atoms with Crippen LogP contribution in [-0.2, 0) is 6.42 Å². The molecule has 1 aliphatic heterocycles. The highest BCUT2D eigenvalue weighted by molar-refractivity contribution is 5.89. The van der Waals surface area contributed by atoms with Crippen molar-refractivity contribution in [3.05, 3.63) is 77.4 Å². The number of rotatable bonds is 1. The highest BCUT2D eigenvalue weighted by Gasteiger charge is 2.25. The topological polar surface area (TPSA) is 33.0 Å². The van der Waals surface area contributed by atoms with Crippen LogP contribution in [0.25, 0.3) is 10.8 Å². The largest absolute Gasteiger partial charge is 0.485 e. The predicted octanol–water partition coefficient (Wildman–Crippen LogP) is 4.39. The standard InChI is InChI=1S/C19H13NO/c20-12-13-6-8-16-15(10-13)7-9-18-17(16)11-19(21-18)14-4-2-1-3-5-14/h1-10,19H,11H2. The van der Waals surface area contributed by atoms with E-state index in [0.717, 1.165) is 17.6 Å². The van der Waals surface area contributed by atoms with Crippen LogP contribution in [0.5, 0.6) is 5.75 Å². The molecule has 1 unspecified atom stereocenters. The van der Waals surface area contributed by atoms with Crippen LogP contribution in [-0.4, -0.2) is 0 Å². The van der Waals surface area contributed by atoms with E-state index in [1.807, 2.05) is 48.5 Å². The second kappa shape index (κ2) is 4.64. The van der Waals surface area contributed by atoms with E-state index in [1.165, 1.54) is 16.5 Å². The summed E-state index contributed by atoms with van der Waals surface area (Å²) in [6.07, 6.45) is 0.963. The van der Waals surface area contributed by atoms with Crippen molar-refractivity contribution >= 4 is 10.8 Å². The van der Waals surface area contributed by atoms with Gasteiger partial charge in [-0.25, -0.2) is 0 Å². The highest BCUT2D eigenvalue weighted by atomic mass is 16.5. The van der Waals surface area contributed by atoms with E-state index in [4.69, 9.17) is 10.00 Å². The van der Waals surface area contributed by atoms with Crippen molar-refractivity contribution in [1.82, 2.24) is 0 Å². The molecular formula is C19H13NO. The Kier molecular flexibility index (Phi) is 2.65. The summed E-state index contributed by atoms with van der Waals surface area (Å²) in [7, 11) is 0. The molecule has 0 saturated carbocycles. The number of nitriles is 1. The molecule has 100 valence electrons. The Bertz CT molecular complexity index is 862. The normalized spacial score (nSPS) is 16.2. The first-order valence-corrected chi connectivity index (χ1v) is 7.02. The van der Waals surface area contributed by atoms with E-state index < -0.39 is 0 Å². The van der Waals surface area contributed by atoms with Gasteiger partial charge in [-0.15, -0.1) is 0 Å². The zero-order chi connectivity index (χ0) is 14.2. The first-order valence-electron chi connectivity index (χ1n) is 7.02. The summed E-state index contributed by atoms with van der Waals surface area (Å²) in [5, 5.41) is 11.3. The molecule has 0 saturated heterocycles. The molecule has 1 aliphatic rings. The summed E-state index contributed by atoms with van der Waals surface area (Å²) < 4.78 is 6.09. The number of hydrogen-bond donors (Lipinski definition) is 0. The minimum absolute atomic E-state index is 0.0856. The highest BCUT2D eigenvalue weighted by Crippen LogP contribution is 2.40. The van der Waals surface area contributed by atoms with Gasteiger partial charge in [-0.2, -0.15) is 5.26 Å². The van der Waals surface area contributed by atoms with Crippen molar-refractivity contribution in [2.24, 2.45) is 0 Å². The zero-order valence-corrected chi connectivity index (χ0v) is 11.4. The Morgan fingerprint density at radius 1 is 1.00 bits per heavy atom. The molecule has 0 spiro atoms. The summed E-state index contributed by atoms with van der Waals surface area (Å²) in [6.45, 7) is 0. The van der Waals surface area contributed by atoms with Crippen LogP contribution in [0, 0.1) is 11.3 Å². The second-order valence-corrected chi connectivity index (χ2v) is 5.31. The predicted molar refractivity (Wildman–Crippen MR) is 82.2 cm³/mol. The van der Waals surface area contributed by atoms with Gasteiger partial charge in [-0.3, -0.25) is 0 Å². The third-order valence-electron chi connectivity index (χ3n) is 4.05. The Labute approximate surface area is 123 Å². The molecule has 1 heterocycles. The fourth-order valence-electron chi connectivity index (χ4n) is 3.00. The zero-order valence-electron chi connectivity index (χ0n) is 11.4. The summed E-state index contributed by atoms with van der Waals surface area (Å²) in [6, 6.07) is 22.4. The van der Waals surface area contributed by atoms with Crippen LogP contribution in [0.3, 0.4) is 0 Å². The number of ether oxygens (including phenoxy) is 1. The maximum atomic E-state index is 9.01. The smallest absolute Gasteiger partial charge is 0.128 e. The fraction of sp³-hybridized carbons (Fsp3) is 0.105. The summed E-state index contributed by atoms with van der Waals surface area (Å²) >= 11 is 0. The van der Waals surface area contributed by atoms with Crippen LogP contribution in [0.4, 0.5) is 0 Å². The van der Waals surface area contributed by atoms with E-state index in [1.54, 1.807) is 0 Å². The molecule has 0 radical (unpaired) electrons. The van der Waals surface area contributed by atoms with E-state index >= 15 is 0 Å². The SMILES string of the molecule is N#Cc1ccc2c3c(ccc2c1)OC(c1ccccc1)C3. The van der Waals surface area contributed by atoms with Gasteiger partial charge in [-0.1, -0.05) is 42.5 Å². The lowest BCUT2D eigenvalue weighted by molar-refractivity contribution is 0.239. The first-order chi connectivity index (χ1) is 10.3.